The second kappa shape index (κ2) is 6.90. The Hall–Kier alpha value is -1.33. The van der Waals surface area contributed by atoms with Crippen LogP contribution < -0.4 is 5.32 Å². The van der Waals surface area contributed by atoms with E-state index in [0.717, 1.165) is 18.6 Å². The van der Waals surface area contributed by atoms with Crippen LogP contribution in [0, 0.1) is 16.0 Å². The van der Waals surface area contributed by atoms with Gasteiger partial charge < -0.3 is 5.32 Å². The van der Waals surface area contributed by atoms with Gasteiger partial charge in [-0.1, -0.05) is 37.0 Å². The summed E-state index contributed by atoms with van der Waals surface area (Å²) in [5, 5.41) is 13.5. The number of benzene rings is 1. The van der Waals surface area contributed by atoms with Crippen molar-refractivity contribution < 1.29 is 9.72 Å². The largest absolute Gasteiger partial charge is 0.350 e. The number of hydrogen-bond donors (Lipinski definition) is 1. The van der Waals surface area contributed by atoms with E-state index in [1.165, 1.54) is 0 Å². The lowest BCUT2D eigenvalue weighted by Gasteiger charge is -2.16. The molecule has 0 aliphatic carbocycles. The molecule has 0 aromatic heterocycles. The van der Waals surface area contributed by atoms with E-state index in [1.807, 2.05) is 20.8 Å². The van der Waals surface area contributed by atoms with Crippen molar-refractivity contribution in [2.24, 2.45) is 5.92 Å². The van der Waals surface area contributed by atoms with Gasteiger partial charge in [0, 0.05) is 18.2 Å². The fourth-order valence-electron chi connectivity index (χ4n) is 1.91. The van der Waals surface area contributed by atoms with Crippen molar-refractivity contribution in [1.29, 1.82) is 0 Å². The molecule has 1 unspecified atom stereocenters. The van der Waals surface area contributed by atoms with Crippen molar-refractivity contribution in [2.75, 3.05) is 0 Å². The van der Waals surface area contributed by atoms with Crippen molar-refractivity contribution in [1.82, 2.24) is 5.32 Å². The third-order valence-electron chi connectivity index (χ3n) is 2.67. The molecule has 1 amide bonds. The van der Waals surface area contributed by atoms with E-state index in [2.05, 4.69) is 5.32 Å². The van der Waals surface area contributed by atoms with Crippen LogP contribution in [-0.2, 0) is 0 Å². The Morgan fingerprint density at radius 3 is 2.45 bits per heavy atom. The SMILES string of the molecule is CC(C)CC(C)NC(=O)c1cc([N+](=O)[O-])cc(Cl)c1Cl. The summed E-state index contributed by atoms with van der Waals surface area (Å²) < 4.78 is 0. The molecule has 20 heavy (non-hydrogen) atoms. The zero-order valence-electron chi connectivity index (χ0n) is 11.4. The number of carbonyl (C=O) groups is 1. The van der Waals surface area contributed by atoms with Crippen LogP contribution in [0.25, 0.3) is 0 Å². The van der Waals surface area contributed by atoms with Crippen LogP contribution in [0.15, 0.2) is 12.1 Å². The summed E-state index contributed by atoms with van der Waals surface area (Å²) in [4.78, 5) is 22.3. The maximum atomic E-state index is 12.1. The highest BCUT2D eigenvalue weighted by Gasteiger charge is 2.20. The highest BCUT2D eigenvalue weighted by atomic mass is 35.5. The predicted octanol–water partition coefficient (Wildman–Crippen LogP) is 4.07. The molecule has 0 radical (unpaired) electrons. The molecule has 0 fully saturated rings. The topological polar surface area (TPSA) is 72.2 Å². The van der Waals surface area contributed by atoms with Gasteiger partial charge in [0.2, 0.25) is 0 Å². The number of nitrogens with one attached hydrogen (secondary N) is 1. The molecule has 1 aromatic rings. The molecule has 0 bridgehead atoms. The Kier molecular flexibility index (Phi) is 5.77. The Bertz CT molecular complexity index is 533. The van der Waals surface area contributed by atoms with Gasteiger partial charge in [0.1, 0.15) is 0 Å². The van der Waals surface area contributed by atoms with E-state index in [-0.39, 0.29) is 27.3 Å². The minimum Gasteiger partial charge on any atom is -0.350 e. The van der Waals surface area contributed by atoms with Gasteiger partial charge in [-0.15, -0.1) is 0 Å². The first-order chi connectivity index (χ1) is 9.22. The number of amides is 1. The first kappa shape index (κ1) is 16.7. The van der Waals surface area contributed by atoms with Gasteiger partial charge in [-0.2, -0.15) is 0 Å². The number of halogens is 2. The molecule has 0 spiro atoms. The van der Waals surface area contributed by atoms with E-state index in [4.69, 9.17) is 23.2 Å². The fourth-order valence-corrected chi connectivity index (χ4v) is 2.32. The average molecular weight is 319 g/mol. The minimum absolute atomic E-state index is 0.0115. The maximum absolute atomic E-state index is 12.1. The van der Waals surface area contributed by atoms with E-state index in [1.54, 1.807) is 0 Å². The molecule has 1 aromatic carbocycles. The summed E-state index contributed by atoms with van der Waals surface area (Å²) >= 11 is 11.8. The van der Waals surface area contributed by atoms with Gasteiger partial charge in [0.05, 0.1) is 20.5 Å². The molecule has 1 atom stereocenters. The number of nitro groups is 1. The summed E-state index contributed by atoms with van der Waals surface area (Å²) in [6.07, 6.45) is 0.798. The smallest absolute Gasteiger partial charge is 0.271 e. The van der Waals surface area contributed by atoms with Gasteiger partial charge in [0.25, 0.3) is 11.6 Å². The lowest BCUT2D eigenvalue weighted by molar-refractivity contribution is -0.384. The Balaban J connectivity index is 3.00. The molecule has 0 aliphatic heterocycles. The van der Waals surface area contributed by atoms with Crippen molar-refractivity contribution in [3.8, 4) is 0 Å². The molecule has 1 N–H and O–H groups in total. The Morgan fingerprint density at radius 2 is 1.95 bits per heavy atom. The number of rotatable bonds is 5. The molecule has 0 heterocycles. The summed E-state index contributed by atoms with van der Waals surface area (Å²) in [5.74, 6) is -0.0387. The van der Waals surface area contributed by atoms with E-state index < -0.39 is 10.8 Å². The van der Waals surface area contributed by atoms with Gasteiger partial charge in [-0.05, 0) is 19.3 Å². The normalized spacial score (nSPS) is 12.3. The predicted molar refractivity (Wildman–Crippen MR) is 79.5 cm³/mol. The zero-order valence-corrected chi connectivity index (χ0v) is 13.0. The number of nitro benzene ring substituents is 1. The first-order valence-electron chi connectivity index (χ1n) is 6.16. The molecule has 5 nitrogen and oxygen atoms in total. The van der Waals surface area contributed by atoms with Crippen LogP contribution in [0.4, 0.5) is 5.69 Å². The molecule has 110 valence electrons. The molecule has 0 saturated carbocycles. The van der Waals surface area contributed by atoms with E-state index in [0.29, 0.717) is 5.92 Å². The third kappa shape index (κ3) is 4.35. The molecule has 1 rings (SSSR count). The highest BCUT2D eigenvalue weighted by Crippen LogP contribution is 2.30. The minimum atomic E-state index is -0.615. The lowest BCUT2D eigenvalue weighted by Crippen LogP contribution is -2.33. The summed E-state index contributed by atoms with van der Waals surface area (Å²) in [6, 6.07) is 2.20. The van der Waals surface area contributed by atoms with Crippen LogP contribution in [0.2, 0.25) is 10.0 Å². The lowest BCUT2D eigenvalue weighted by atomic mass is 10.0. The number of hydrogen-bond acceptors (Lipinski definition) is 3. The monoisotopic (exact) mass is 318 g/mol. The van der Waals surface area contributed by atoms with Crippen LogP contribution in [0.1, 0.15) is 37.6 Å². The Morgan fingerprint density at radius 1 is 1.35 bits per heavy atom. The second-order valence-corrected chi connectivity index (χ2v) is 5.84. The molecule has 0 aliphatic rings. The molecule has 0 saturated heterocycles. The fraction of sp³-hybridized carbons (Fsp3) is 0.462. The summed E-state index contributed by atoms with van der Waals surface area (Å²) in [6.45, 7) is 5.95. The van der Waals surface area contributed by atoms with Crippen molar-refractivity contribution in [3.05, 3.63) is 37.9 Å². The van der Waals surface area contributed by atoms with Crippen molar-refractivity contribution in [2.45, 2.75) is 33.2 Å². The van der Waals surface area contributed by atoms with Gasteiger partial charge in [-0.3, -0.25) is 14.9 Å². The first-order valence-corrected chi connectivity index (χ1v) is 6.92. The van der Waals surface area contributed by atoms with Crippen molar-refractivity contribution in [3.63, 3.8) is 0 Å². The Labute approximate surface area is 127 Å². The molecular weight excluding hydrogens is 303 g/mol. The molecule has 7 heteroatoms. The van der Waals surface area contributed by atoms with Gasteiger partial charge >= 0.3 is 0 Å². The van der Waals surface area contributed by atoms with Gasteiger partial charge in [0.15, 0.2) is 0 Å². The van der Waals surface area contributed by atoms with Crippen LogP contribution >= 0.6 is 23.2 Å². The third-order valence-corrected chi connectivity index (χ3v) is 3.47. The number of carbonyl (C=O) groups excluding carboxylic acids is 1. The zero-order chi connectivity index (χ0) is 15.4. The van der Waals surface area contributed by atoms with Gasteiger partial charge in [-0.25, -0.2) is 0 Å². The van der Waals surface area contributed by atoms with E-state index in [9.17, 15) is 14.9 Å². The van der Waals surface area contributed by atoms with Crippen LogP contribution in [0.5, 0.6) is 0 Å². The average Bonchev–Trinajstić information content (AvgIpc) is 2.30. The van der Waals surface area contributed by atoms with Crippen LogP contribution in [-0.4, -0.2) is 16.9 Å². The quantitative estimate of drug-likeness (QED) is 0.657. The molecular formula is C13H16Cl2N2O3. The standard InChI is InChI=1S/C13H16Cl2N2O3/c1-7(2)4-8(3)16-13(18)10-5-9(17(19)20)6-11(14)12(10)15/h5-8H,4H2,1-3H3,(H,16,18). The summed E-state index contributed by atoms with van der Waals surface area (Å²) in [5.41, 5.74) is -0.248. The second-order valence-electron chi connectivity index (χ2n) is 5.05. The van der Waals surface area contributed by atoms with E-state index >= 15 is 0 Å². The highest BCUT2D eigenvalue weighted by molar-refractivity contribution is 6.44. The summed E-state index contributed by atoms with van der Waals surface area (Å²) in [7, 11) is 0. The maximum Gasteiger partial charge on any atom is 0.271 e. The number of non-ortho nitro benzene ring substituents is 1. The number of nitrogens with zero attached hydrogens (tertiary/aromatic N) is 1. The van der Waals surface area contributed by atoms with Crippen LogP contribution in [0.3, 0.4) is 0 Å². The van der Waals surface area contributed by atoms with Crippen molar-refractivity contribution >= 4 is 34.8 Å².